The first-order chi connectivity index (χ1) is 7.60. The van der Waals surface area contributed by atoms with Gasteiger partial charge >= 0.3 is 0 Å². The zero-order valence-electron chi connectivity index (χ0n) is 10.0. The topological polar surface area (TPSA) is 29.1 Å². The van der Waals surface area contributed by atoms with E-state index in [1.165, 1.54) is 0 Å². The average molecular weight is 284 g/mol. The molecule has 0 saturated heterocycles. The molecule has 0 unspecified atom stereocenters. The summed E-state index contributed by atoms with van der Waals surface area (Å²) in [6, 6.07) is 5.87. The van der Waals surface area contributed by atoms with Crippen LogP contribution in [-0.2, 0) is 4.79 Å². The summed E-state index contributed by atoms with van der Waals surface area (Å²) in [5.41, 5.74) is 1.99. The van der Waals surface area contributed by atoms with E-state index in [2.05, 4.69) is 21.2 Å². The van der Waals surface area contributed by atoms with Crippen LogP contribution in [0.5, 0.6) is 0 Å². The molecule has 1 aromatic rings. The summed E-state index contributed by atoms with van der Waals surface area (Å²) in [4.78, 5) is 11.9. The molecule has 1 amide bonds. The molecule has 0 aromatic heterocycles. The maximum atomic E-state index is 11.9. The number of halogens is 1. The molecule has 0 radical (unpaired) electrons. The summed E-state index contributed by atoms with van der Waals surface area (Å²) in [7, 11) is 0. The van der Waals surface area contributed by atoms with Gasteiger partial charge in [-0.25, -0.2) is 0 Å². The van der Waals surface area contributed by atoms with Crippen LogP contribution in [-0.4, -0.2) is 5.91 Å². The van der Waals surface area contributed by atoms with Crippen molar-refractivity contribution < 1.29 is 4.79 Å². The lowest BCUT2D eigenvalue weighted by Crippen LogP contribution is -2.21. The molecule has 0 saturated carbocycles. The fourth-order valence-electron chi connectivity index (χ4n) is 1.64. The van der Waals surface area contributed by atoms with E-state index in [9.17, 15) is 4.79 Å². The number of benzene rings is 1. The summed E-state index contributed by atoms with van der Waals surface area (Å²) in [6.45, 7) is 6.09. The Balaban J connectivity index is 2.80. The van der Waals surface area contributed by atoms with Gasteiger partial charge in [0, 0.05) is 10.4 Å². The third-order valence-corrected chi connectivity index (χ3v) is 3.86. The maximum absolute atomic E-state index is 11.9. The number of rotatable bonds is 4. The second-order valence-electron chi connectivity index (χ2n) is 3.94. The first kappa shape index (κ1) is 13.2. The van der Waals surface area contributed by atoms with Crippen molar-refractivity contribution in [3.8, 4) is 0 Å². The normalized spacial score (nSPS) is 10.6. The highest BCUT2D eigenvalue weighted by Crippen LogP contribution is 2.26. The van der Waals surface area contributed by atoms with Crippen LogP contribution in [0.25, 0.3) is 0 Å². The van der Waals surface area contributed by atoms with Crippen LogP contribution in [0.15, 0.2) is 22.7 Å². The van der Waals surface area contributed by atoms with E-state index in [1.54, 1.807) is 0 Å². The molecule has 0 aliphatic carbocycles. The molecule has 0 bridgehead atoms. The Morgan fingerprint density at radius 1 is 1.38 bits per heavy atom. The van der Waals surface area contributed by atoms with E-state index < -0.39 is 0 Å². The quantitative estimate of drug-likeness (QED) is 0.884. The van der Waals surface area contributed by atoms with Crippen molar-refractivity contribution in [2.45, 2.75) is 33.6 Å². The first-order valence-corrected chi connectivity index (χ1v) is 6.45. The lowest BCUT2D eigenvalue weighted by Gasteiger charge is -2.14. The van der Waals surface area contributed by atoms with Crippen molar-refractivity contribution in [1.82, 2.24) is 0 Å². The predicted octanol–water partition coefficient (Wildman–Crippen LogP) is 4.13. The molecule has 1 rings (SSSR count). The standard InChI is InChI=1S/C13H18BrNO/c1-4-10(5-2)13(16)15-11-8-6-7-9(3)12(11)14/h6-8,10H,4-5H2,1-3H3,(H,15,16). The van der Waals surface area contributed by atoms with Gasteiger partial charge in [0.15, 0.2) is 0 Å². The molecule has 0 fully saturated rings. The number of aryl methyl sites for hydroxylation is 1. The first-order valence-electron chi connectivity index (χ1n) is 5.66. The van der Waals surface area contributed by atoms with Crippen LogP contribution in [0.3, 0.4) is 0 Å². The second-order valence-corrected chi connectivity index (χ2v) is 4.73. The van der Waals surface area contributed by atoms with Crippen molar-refractivity contribution in [3.05, 3.63) is 28.2 Å². The Kier molecular flexibility index (Phi) is 5.00. The Bertz CT molecular complexity index is 372. The van der Waals surface area contributed by atoms with Gasteiger partial charge in [-0.15, -0.1) is 0 Å². The van der Waals surface area contributed by atoms with Crippen LogP contribution in [0.1, 0.15) is 32.3 Å². The van der Waals surface area contributed by atoms with Gasteiger partial charge in [-0.05, 0) is 47.3 Å². The highest BCUT2D eigenvalue weighted by atomic mass is 79.9. The monoisotopic (exact) mass is 283 g/mol. The molecule has 88 valence electrons. The molecule has 0 aliphatic rings. The van der Waals surface area contributed by atoms with Gasteiger partial charge in [0.25, 0.3) is 0 Å². The molecule has 0 atom stereocenters. The molecule has 2 nitrogen and oxygen atoms in total. The van der Waals surface area contributed by atoms with Crippen molar-refractivity contribution in [2.75, 3.05) is 5.32 Å². The Labute approximate surface area is 106 Å². The summed E-state index contributed by atoms with van der Waals surface area (Å²) in [5, 5.41) is 2.97. The van der Waals surface area contributed by atoms with Crippen LogP contribution >= 0.6 is 15.9 Å². The minimum Gasteiger partial charge on any atom is -0.325 e. The third kappa shape index (κ3) is 3.08. The maximum Gasteiger partial charge on any atom is 0.227 e. The van der Waals surface area contributed by atoms with Gasteiger partial charge in [0.2, 0.25) is 5.91 Å². The molecular formula is C13H18BrNO. The average Bonchev–Trinajstić information content (AvgIpc) is 2.26. The Morgan fingerprint density at radius 3 is 2.56 bits per heavy atom. The van der Waals surface area contributed by atoms with E-state index in [0.717, 1.165) is 28.6 Å². The highest BCUT2D eigenvalue weighted by molar-refractivity contribution is 9.10. The van der Waals surface area contributed by atoms with E-state index in [0.29, 0.717) is 0 Å². The zero-order chi connectivity index (χ0) is 12.1. The summed E-state index contributed by atoms with van der Waals surface area (Å²) in [6.07, 6.45) is 1.76. The minimum absolute atomic E-state index is 0.104. The number of hydrogen-bond acceptors (Lipinski definition) is 1. The lowest BCUT2D eigenvalue weighted by atomic mass is 10.0. The van der Waals surface area contributed by atoms with Gasteiger partial charge in [0.05, 0.1) is 5.69 Å². The number of carbonyl (C=O) groups excluding carboxylic acids is 1. The fourth-order valence-corrected chi connectivity index (χ4v) is 2.00. The van der Waals surface area contributed by atoms with E-state index in [1.807, 2.05) is 39.0 Å². The van der Waals surface area contributed by atoms with Gasteiger partial charge in [-0.1, -0.05) is 26.0 Å². The van der Waals surface area contributed by atoms with Crippen molar-refractivity contribution in [1.29, 1.82) is 0 Å². The molecule has 1 N–H and O–H groups in total. The SMILES string of the molecule is CCC(CC)C(=O)Nc1cccc(C)c1Br. The molecule has 16 heavy (non-hydrogen) atoms. The molecule has 0 heterocycles. The van der Waals surface area contributed by atoms with Crippen molar-refractivity contribution in [3.63, 3.8) is 0 Å². The second kappa shape index (κ2) is 6.04. The van der Waals surface area contributed by atoms with E-state index >= 15 is 0 Å². The number of hydrogen-bond donors (Lipinski definition) is 1. The highest BCUT2D eigenvalue weighted by Gasteiger charge is 2.15. The smallest absolute Gasteiger partial charge is 0.227 e. The molecular weight excluding hydrogens is 266 g/mol. The van der Waals surface area contributed by atoms with Gasteiger partial charge < -0.3 is 5.32 Å². The van der Waals surface area contributed by atoms with E-state index in [-0.39, 0.29) is 11.8 Å². The van der Waals surface area contributed by atoms with Crippen molar-refractivity contribution in [2.24, 2.45) is 5.92 Å². The van der Waals surface area contributed by atoms with Gasteiger partial charge in [-0.2, -0.15) is 0 Å². The van der Waals surface area contributed by atoms with E-state index in [4.69, 9.17) is 0 Å². The van der Waals surface area contributed by atoms with Crippen LogP contribution in [0, 0.1) is 12.8 Å². The van der Waals surface area contributed by atoms with Gasteiger partial charge in [-0.3, -0.25) is 4.79 Å². The summed E-state index contributed by atoms with van der Waals surface area (Å²) in [5.74, 6) is 0.212. The Hall–Kier alpha value is -0.830. The summed E-state index contributed by atoms with van der Waals surface area (Å²) < 4.78 is 0.967. The zero-order valence-corrected chi connectivity index (χ0v) is 11.6. The van der Waals surface area contributed by atoms with Crippen molar-refractivity contribution >= 4 is 27.5 Å². The molecule has 0 spiro atoms. The minimum atomic E-state index is 0.104. The molecule has 3 heteroatoms. The van der Waals surface area contributed by atoms with Crippen LogP contribution < -0.4 is 5.32 Å². The molecule has 1 aromatic carbocycles. The summed E-state index contributed by atoms with van der Waals surface area (Å²) >= 11 is 3.49. The number of anilines is 1. The van der Waals surface area contributed by atoms with Gasteiger partial charge in [0.1, 0.15) is 0 Å². The fraction of sp³-hybridized carbons (Fsp3) is 0.462. The molecule has 0 aliphatic heterocycles. The van der Waals surface area contributed by atoms with Crippen LogP contribution in [0.2, 0.25) is 0 Å². The number of amides is 1. The number of nitrogens with one attached hydrogen (secondary N) is 1. The largest absolute Gasteiger partial charge is 0.325 e. The predicted molar refractivity (Wildman–Crippen MR) is 71.6 cm³/mol. The lowest BCUT2D eigenvalue weighted by molar-refractivity contribution is -0.120. The third-order valence-electron chi connectivity index (χ3n) is 2.81. The number of carbonyl (C=O) groups is 1. The van der Waals surface area contributed by atoms with Crippen LogP contribution in [0.4, 0.5) is 5.69 Å². The Morgan fingerprint density at radius 2 is 2.00 bits per heavy atom.